The fourth-order valence-corrected chi connectivity index (χ4v) is 1.80. The van der Waals surface area contributed by atoms with E-state index in [1.165, 1.54) is 0 Å². The number of hydrogen-bond donors (Lipinski definition) is 2. The van der Waals surface area contributed by atoms with Gasteiger partial charge in [-0.1, -0.05) is 0 Å². The first-order chi connectivity index (χ1) is 7.29. The number of nitrogens with one attached hydrogen (secondary N) is 1. The lowest BCUT2D eigenvalue weighted by molar-refractivity contribution is 0.0465. The Morgan fingerprint density at radius 2 is 2.06 bits per heavy atom. The zero-order valence-corrected chi connectivity index (χ0v) is 10.1. The van der Waals surface area contributed by atoms with Crippen molar-refractivity contribution in [2.75, 3.05) is 0 Å². The lowest BCUT2D eigenvalue weighted by Crippen LogP contribution is -2.55. The zero-order valence-electron chi connectivity index (χ0n) is 10.1. The van der Waals surface area contributed by atoms with Gasteiger partial charge in [-0.2, -0.15) is 0 Å². The summed E-state index contributed by atoms with van der Waals surface area (Å²) in [5.74, 6) is 0. The Hall–Kier alpha value is -0.840. The Morgan fingerprint density at radius 3 is 2.62 bits per heavy atom. The van der Waals surface area contributed by atoms with E-state index in [2.05, 4.69) is 5.32 Å². The minimum atomic E-state index is -1.03. The molecule has 1 aliphatic rings. The molecule has 1 fully saturated rings. The van der Waals surface area contributed by atoms with Gasteiger partial charge in [-0.15, -0.1) is 0 Å². The smallest absolute Gasteiger partial charge is 0.407 e. The summed E-state index contributed by atoms with van der Waals surface area (Å²) < 4.78 is 18.4. The Kier molecular flexibility index (Phi) is 4.13. The van der Waals surface area contributed by atoms with Gasteiger partial charge in [0.25, 0.3) is 0 Å². The number of alkyl halides is 1. The largest absolute Gasteiger partial charge is 0.444 e. The summed E-state index contributed by atoms with van der Waals surface area (Å²) >= 11 is 0. The summed E-state index contributed by atoms with van der Waals surface area (Å²) in [4.78, 5) is 11.5. The summed E-state index contributed by atoms with van der Waals surface area (Å²) in [5, 5.41) is 2.63. The van der Waals surface area contributed by atoms with E-state index in [0.29, 0.717) is 12.8 Å². The van der Waals surface area contributed by atoms with E-state index in [9.17, 15) is 9.18 Å². The van der Waals surface area contributed by atoms with Crippen molar-refractivity contribution < 1.29 is 13.9 Å². The summed E-state index contributed by atoms with van der Waals surface area (Å²) in [6.45, 7) is 5.35. The normalized spacial score (nSPS) is 30.9. The third kappa shape index (κ3) is 3.96. The molecule has 1 rings (SSSR count). The first-order valence-corrected chi connectivity index (χ1v) is 5.69. The first kappa shape index (κ1) is 13.2. The van der Waals surface area contributed by atoms with Crippen LogP contribution >= 0.6 is 0 Å². The molecule has 3 atom stereocenters. The van der Waals surface area contributed by atoms with Crippen LogP contribution in [0.2, 0.25) is 0 Å². The van der Waals surface area contributed by atoms with Crippen molar-refractivity contribution in [1.82, 2.24) is 5.32 Å². The third-order valence-corrected chi connectivity index (χ3v) is 2.58. The quantitative estimate of drug-likeness (QED) is 0.723. The predicted octanol–water partition coefficient (Wildman–Crippen LogP) is 1.73. The van der Waals surface area contributed by atoms with Crippen molar-refractivity contribution >= 4 is 6.09 Å². The van der Waals surface area contributed by atoms with Crippen LogP contribution in [0.25, 0.3) is 0 Å². The maximum atomic E-state index is 13.3. The van der Waals surface area contributed by atoms with Crippen LogP contribution in [0.5, 0.6) is 0 Å². The van der Waals surface area contributed by atoms with Gasteiger partial charge < -0.3 is 15.8 Å². The minimum Gasteiger partial charge on any atom is -0.444 e. The summed E-state index contributed by atoms with van der Waals surface area (Å²) in [5.41, 5.74) is 5.15. The van der Waals surface area contributed by atoms with Crippen LogP contribution in [0.15, 0.2) is 0 Å². The molecule has 0 aliphatic heterocycles. The molecule has 16 heavy (non-hydrogen) atoms. The van der Waals surface area contributed by atoms with E-state index in [1.807, 2.05) is 0 Å². The highest BCUT2D eigenvalue weighted by atomic mass is 19.1. The summed E-state index contributed by atoms with van der Waals surface area (Å²) in [6, 6.07) is -0.945. The van der Waals surface area contributed by atoms with Crippen LogP contribution in [-0.4, -0.2) is 29.9 Å². The van der Waals surface area contributed by atoms with Gasteiger partial charge >= 0.3 is 6.09 Å². The van der Waals surface area contributed by atoms with Gasteiger partial charge in [0.15, 0.2) is 0 Å². The summed E-state index contributed by atoms with van der Waals surface area (Å²) in [7, 11) is 0. The molecule has 0 radical (unpaired) electrons. The number of hydrogen-bond acceptors (Lipinski definition) is 3. The Bertz CT molecular complexity index is 253. The highest BCUT2D eigenvalue weighted by molar-refractivity contribution is 5.68. The number of alkyl carbamates (subject to hydrolysis) is 1. The van der Waals surface area contributed by atoms with Gasteiger partial charge in [0, 0.05) is 0 Å². The van der Waals surface area contributed by atoms with E-state index in [4.69, 9.17) is 10.5 Å². The van der Waals surface area contributed by atoms with Crippen LogP contribution in [0.4, 0.5) is 9.18 Å². The van der Waals surface area contributed by atoms with Crippen LogP contribution in [0.1, 0.15) is 40.0 Å². The Labute approximate surface area is 95.7 Å². The van der Waals surface area contributed by atoms with Crippen molar-refractivity contribution in [2.24, 2.45) is 5.73 Å². The maximum Gasteiger partial charge on any atom is 0.407 e. The molecule has 0 aromatic rings. The fraction of sp³-hybridized carbons (Fsp3) is 0.909. The maximum absolute atomic E-state index is 13.3. The highest BCUT2D eigenvalue weighted by Crippen LogP contribution is 2.20. The molecule has 3 N–H and O–H groups in total. The third-order valence-electron chi connectivity index (χ3n) is 2.58. The van der Waals surface area contributed by atoms with E-state index in [-0.39, 0.29) is 6.04 Å². The highest BCUT2D eigenvalue weighted by Gasteiger charge is 2.32. The standard InChI is InChI=1S/C11H21FN2O2/c1-11(2,3)16-10(15)14-8-6-4-5-7(12)9(8)13/h7-9H,4-6,13H2,1-3H3,(H,14,15)/t7-,8-,9+/m1/s1. The molecule has 94 valence electrons. The van der Waals surface area contributed by atoms with E-state index >= 15 is 0 Å². The van der Waals surface area contributed by atoms with Crippen LogP contribution in [-0.2, 0) is 4.74 Å². The summed E-state index contributed by atoms with van der Waals surface area (Å²) in [6.07, 6.45) is 0.375. The fourth-order valence-electron chi connectivity index (χ4n) is 1.80. The number of amides is 1. The zero-order chi connectivity index (χ0) is 12.3. The van der Waals surface area contributed by atoms with Crippen molar-refractivity contribution in [3.05, 3.63) is 0 Å². The van der Waals surface area contributed by atoms with E-state index in [1.54, 1.807) is 20.8 Å². The van der Waals surface area contributed by atoms with Crippen molar-refractivity contribution in [3.63, 3.8) is 0 Å². The average molecular weight is 232 g/mol. The van der Waals surface area contributed by atoms with E-state index in [0.717, 1.165) is 6.42 Å². The van der Waals surface area contributed by atoms with Crippen molar-refractivity contribution in [2.45, 2.75) is 63.9 Å². The molecular formula is C11H21FN2O2. The van der Waals surface area contributed by atoms with E-state index < -0.39 is 23.9 Å². The number of carbonyl (C=O) groups excluding carboxylic acids is 1. The number of nitrogens with two attached hydrogens (primary N) is 1. The van der Waals surface area contributed by atoms with Gasteiger partial charge in [-0.25, -0.2) is 9.18 Å². The van der Waals surface area contributed by atoms with Crippen molar-refractivity contribution in [1.29, 1.82) is 0 Å². The molecule has 0 aromatic carbocycles. The van der Waals surface area contributed by atoms with Crippen molar-refractivity contribution in [3.8, 4) is 0 Å². The molecule has 0 saturated heterocycles. The number of carbonyl (C=O) groups is 1. The molecule has 1 amide bonds. The van der Waals surface area contributed by atoms with Gasteiger partial charge in [-0.3, -0.25) is 0 Å². The number of rotatable bonds is 1. The molecule has 0 heterocycles. The number of ether oxygens (including phenoxy) is 1. The second kappa shape index (κ2) is 4.99. The number of halogens is 1. The monoisotopic (exact) mass is 232 g/mol. The Balaban J connectivity index is 2.44. The predicted molar refractivity (Wildman–Crippen MR) is 59.9 cm³/mol. The lowest BCUT2D eigenvalue weighted by atomic mass is 9.89. The molecule has 1 saturated carbocycles. The van der Waals surface area contributed by atoms with Gasteiger partial charge in [-0.05, 0) is 40.0 Å². The second-order valence-corrected chi connectivity index (χ2v) is 5.28. The topological polar surface area (TPSA) is 64.3 Å². The average Bonchev–Trinajstić information content (AvgIpc) is 2.09. The molecule has 4 nitrogen and oxygen atoms in total. The molecule has 0 aromatic heterocycles. The second-order valence-electron chi connectivity index (χ2n) is 5.28. The van der Waals surface area contributed by atoms with Crippen LogP contribution in [0, 0.1) is 0 Å². The molecule has 0 spiro atoms. The molecule has 0 unspecified atom stereocenters. The van der Waals surface area contributed by atoms with Crippen LogP contribution in [0.3, 0.4) is 0 Å². The van der Waals surface area contributed by atoms with Gasteiger partial charge in [0.1, 0.15) is 11.8 Å². The molecule has 5 heteroatoms. The van der Waals surface area contributed by atoms with Gasteiger partial charge in [0.05, 0.1) is 12.1 Å². The van der Waals surface area contributed by atoms with Crippen LogP contribution < -0.4 is 11.1 Å². The lowest BCUT2D eigenvalue weighted by Gasteiger charge is -2.32. The molecule has 1 aliphatic carbocycles. The molecule has 0 bridgehead atoms. The molecular weight excluding hydrogens is 211 g/mol. The first-order valence-electron chi connectivity index (χ1n) is 5.69. The SMILES string of the molecule is CC(C)(C)OC(=O)N[C@@H]1CCC[C@@H](F)[C@@H]1N. The van der Waals surface area contributed by atoms with Gasteiger partial charge in [0.2, 0.25) is 0 Å². The minimum absolute atomic E-state index is 0.321. The Morgan fingerprint density at radius 1 is 1.44 bits per heavy atom.